The van der Waals surface area contributed by atoms with Gasteiger partial charge in [-0.05, 0) is 32.6 Å². The molecule has 2 heterocycles. The van der Waals surface area contributed by atoms with Gasteiger partial charge in [-0.1, -0.05) is 13.3 Å². The number of hydrazine groups is 1. The van der Waals surface area contributed by atoms with E-state index in [2.05, 4.69) is 44.4 Å². The number of rotatable bonds is 6. The summed E-state index contributed by atoms with van der Waals surface area (Å²) in [7, 11) is 0. The number of anilines is 3. The average molecular weight is 279 g/mol. The van der Waals surface area contributed by atoms with Gasteiger partial charge in [-0.3, -0.25) is 5.43 Å². The zero-order valence-corrected chi connectivity index (χ0v) is 12.4. The van der Waals surface area contributed by atoms with Crippen LogP contribution in [0, 0.1) is 0 Å². The van der Waals surface area contributed by atoms with Gasteiger partial charge in [0.25, 0.3) is 0 Å². The van der Waals surface area contributed by atoms with E-state index in [-0.39, 0.29) is 0 Å². The minimum Gasteiger partial charge on any atom is -0.352 e. The maximum atomic E-state index is 5.46. The smallest absolute Gasteiger partial charge is 0.243 e. The van der Waals surface area contributed by atoms with Crippen LogP contribution < -0.4 is 21.5 Å². The first-order chi connectivity index (χ1) is 9.72. The minimum atomic E-state index is 0.335. The summed E-state index contributed by atoms with van der Waals surface area (Å²) in [6.07, 6.45) is 5.86. The van der Waals surface area contributed by atoms with Crippen LogP contribution >= 0.6 is 0 Å². The Bertz CT molecular complexity index is 417. The van der Waals surface area contributed by atoms with Gasteiger partial charge in [-0.25, -0.2) is 5.84 Å². The van der Waals surface area contributed by atoms with Crippen molar-refractivity contribution in [1.29, 1.82) is 0 Å². The fraction of sp³-hybridized carbons (Fsp3) is 0.769. The number of aromatic nitrogens is 3. The summed E-state index contributed by atoms with van der Waals surface area (Å²) < 4.78 is 0. The Hall–Kier alpha value is -1.63. The van der Waals surface area contributed by atoms with Gasteiger partial charge in [0.05, 0.1) is 0 Å². The van der Waals surface area contributed by atoms with Crippen molar-refractivity contribution in [2.45, 2.75) is 52.0 Å². The standard InChI is InChI=1S/C13H25N7/c1-3-7-10(2)15-11-16-12(19-14)18-13(17-11)20-8-5-4-6-9-20/h10H,3-9,14H2,1-2H3,(H2,15,16,17,18,19). The molecule has 4 N–H and O–H groups in total. The van der Waals surface area contributed by atoms with Gasteiger partial charge in [0.15, 0.2) is 0 Å². The van der Waals surface area contributed by atoms with Crippen LogP contribution in [-0.4, -0.2) is 34.1 Å². The number of hydrogen-bond donors (Lipinski definition) is 3. The molecule has 1 aromatic heterocycles. The lowest BCUT2D eigenvalue weighted by atomic mass is 10.1. The molecule has 112 valence electrons. The maximum absolute atomic E-state index is 5.46. The molecule has 0 aliphatic carbocycles. The largest absolute Gasteiger partial charge is 0.352 e. The second kappa shape index (κ2) is 7.23. The van der Waals surface area contributed by atoms with Gasteiger partial charge < -0.3 is 10.2 Å². The van der Waals surface area contributed by atoms with Gasteiger partial charge in [-0.15, -0.1) is 0 Å². The molecule has 0 saturated carbocycles. The fourth-order valence-corrected chi connectivity index (χ4v) is 2.45. The first-order valence-electron chi connectivity index (χ1n) is 7.47. The van der Waals surface area contributed by atoms with E-state index in [1.165, 1.54) is 19.3 Å². The van der Waals surface area contributed by atoms with Crippen molar-refractivity contribution < 1.29 is 0 Å². The summed E-state index contributed by atoms with van der Waals surface area (Å²) in [4.78, 5) is 15.3. The summed E-state index contributed by atoms with van der Waals surface area (Å²) >= 11 is 0. The third-order valence-corrected chi connectivity index (χ3v) is 3.49. The third-order valence-electron chi connectivity index (χ3n) is 3.49. The number of nitrogens with one attached hydrogen (secondary N) is 2. The fourth-order valence-electron chi connectivity index (χ4n) is 2.45. The van der Waals surface area contributed by atoms with Crippen molar-refractivity contribution in [1.82, 2.24) is 15.0 Å². The van der Waals surface area contributed by atoms with E-state index in [0.29, 0.717) is 23.9 Å². The summed E-state index contributed by atoms with van der Waals surface area (Å²) in [5, 5.41) is 3.31. The van der Waals surface area contributed by atoms with Crippen molar-refractivity contribution in [2.75, 3.05) is 28.7 Å². The van der Waals surface area contributed by atoms with E-state index in [0.717, 1.165) is 25.9 Å². The van der Waals surface area contributed by atoms with Crippen LogP contribution in [0.15, 0.2) is 0 Å². The summed E-state index contributed by atoms with van der Waals surface area (Å²) in [6, 6.07) is 0.335. The molecule has 0 spiro atoms. The highest BCUT2D eigenvalue weighted by Crippen LogP contribution is 2.18. The predicted molar refractivity (Wildman–Crippen MR) is 81.7 cm³/mol. The summed E-state index contributed by atoms with van der Waals surface area (Å²) in [6.45, 7) is 6.29. The van der Waals surface area contributed by atoms with Crippen LogP contribution in [0.1, 0.15) is 46.0 Å². The zero-order valence-electron chi connectivity index (χ0n) is 12.4. The normalized spacial score (nSPS) is 16.9. The zero-order chi connectivity index (χ0) is 14.4. The SMILES string of the molecule is CCCC(C)Nc1nc(NN)nc(N2CCCCC2)n1. The lowest BCUT2D eigenvalue weighted by Crippen LogP contribution is -2.32. The lowest BCUT2D eigenvalue weighted by Gasteiger charge is -2.27. The first kappa shape index (κ1) is 14.8. The summed E-state index contributed by atoms with van der Waals surface area (Å²) in [5.41, 5.74) is 2.52. The Kier molecular flexibility index (Phi) is 5.34. The molecule has 0 radical (unpaired) electrons. The molecule has 0 bridgehead atoms. The Balaban J connectivity index is 2.14. The second-order valence-electron chi connectivity index (χ2n) is 5.31. The highest BCUT2D eigenvalue weighted by Gasteiger charge is 2.16. The Morgan fingerprint density at radius 2 is 1.85 bits per heavy atom. The van der Waals surface area contributed by atoms with Gasteiger partial charge in [0.1, 0.15) is 0 Å². The lowest BCUT2D eigenvalue weighted by molar-refractivity contribution is 0.567. The first-order valence-corrected chi connectivity index (χ1v) is 7.47. The van der Waals surface area contributed by atoms with Gasteiger partial charge >= 0.3 is 0 Å². The Morgan fingerprint density at radius 1 is 1.15 bits per heavy atom. The van der Waals surface area contributed by atoms with Gasteiger partial charge in [0.2, 0.25) is 17.8 Å². The van der Waals surface area contributed by atoms with Crippen molar-refractivity contribution >= 4 is 17.8 Å². The van der Waals surface area contributed by atoms with Crippen LogP contribution in [-0.2, 0) is 0 Å². The Labute approximate surface area is 120 Å². The highest BCUT2D eigenvalue weighted by molar-refractivity contribution is 5.43. The molecule has 1 atom stereocenters. The van der Waals surface area contributed by atoms with Crippen LogP contribution in [0.3, 0.4) is 0 Å². The number of hydrogen-bond acceptors (Lipinski definition) is 7. The van der Waals surface area contributed by atoms with Crippen molar-refractivity contribution in [3.05, 3.63) is 0 Å². The molecule has 1 aliphatic rings. The van der Waals surface area contributed by atoms with E-state index in [4.69, 9.17) is 5.84 Å². The molecule has 1 unspecified atom stereocenters. The molecule has 1 aliphatic heterocycles. The number of nitrogens with two attached hydrogens (primary N) is 1. The van der Waals surface area contributed by atoms with Gasteiger partial charge in [0, 0.05) is 19.1 Å². The topological polar surface area (TPSA) is 92.0 Å². The van der Waals surface area contributed by atoms with E-state index < -0.39 is 0 Å². The van der Waals surface area contributed by atoms with E-state index in [9.17, 15) is 0 Å². The number of nitrogens with zero attached hydrogens (tertiary/aromatic N) is 4. The summed E-state index contributed by atoms with van der Waals surface area (Å²) in [5.74, 6) is 7.17. The molecule has 2 rings (SSSR count). The maximum Gasteiger partial charge on any atom is 0.243 e. The second-order valence-corrected chi connectivity index (χ2v) is 5.31. The van der Waals surface area contributed by atoms with Crippen molar-refractivity contribution in [3.8, 4) is 0 Å². The Morgan fingerprint density at radius 3 is 2.50 bits per heavy atom. The van der Waals surface area contributed by atoms with Gasteiger partial charge in [-0.2, -0.15) is 15.0 Å². The molecule has 0 amide bonds. The molecule has 1 fully saturated rings. The van der Waals surface area contributed by atoms with Crippen LogP contribution in [0.4, 0.5) is 17.8 Å². The van der Waals surface area contributed by atoms with Crippen LogP contribution in [0.25, 0.3) is 0 Å². The number of piperidine rings is 1. The van der Waals surface area contributed by atoms with E-state index >= 15 is 0 Å². The molecular weight excluding hydrogens is 254 g/mol. The average Bonchev–Trinajstić information content (AvgIpc) is 2.48. The molecule has 7 heteroatoms. The molecule has 0 aromatic carbocycles. The monoisotopic (exact) mass is 279 g/mol. The van der Waals surface area contributed by atoms with Crippen LogP contribution in [0.2, 0.25) is 0 Å². The molecule has 7 nitrogen and oxygen atoms in total. The van der Waals surface area contributed by atoms with Crippen molar-refractivity contribution in [3.63, 3.8) is 0 Å². The molecule has 20 heavy (non-hydrogen) atoms. The number of nitrogen functional groups attached to an aromatic ring is 1. The van der Waals surface area contributed by atoms with E-state index in [1.54, 1.807) is 0 Å². The van der Waals surface area contributed by atoms with Crippen LogP contribution in [0.5, 0.6) is 0 Å². The molecule has 1 aromatic rings. The van der Waals surface area contributed by atoms with E-state index in [1.807, 2.05) is 0 Å². The quantitative estimate of drug-likeness (QED) is 0.539. The highest BCUT2D eigenvalue weighted by atomic mass is 15.4. The minimum absolute atomic E-state index is 0.335. The van der Waals surface area contributed by atoms with Crippen molar-refractivity contribution in [2.24, 2.45) is 5.84 Å². The third kappa shape index (κ3) is 3.93. The molecule has 1 saturated heterocycles. The predicted octanol–water partition coefficient (Wildman–Crippen LogP) is 1.75. The molecular formula is C13H25N7.